The maximum absolute atomic E-state index is 5.75. The third kappa shape index (κ3) is 4.08. The van der Waals surface area contributed by atoms with Crippen molar-refractivity contribution in [1.82, 2.24) is 10.3 Å². The number of hydrogen-bond donors (Lipinski definition) is 1. The molecule has 0 aliphatic heterocycles. The van der Waals surface area contributed by atoms with Crippen LogP contribution in [-0.2, 0) is 6.42 Å². The summed E-state index contributed by atoms with van der Waals surface area (Å²) in [5.74, 6) is 2.42. The molecule has 4 nitrogen and oxygen atoms in total. The number of ether oxygens (including phenoxy) is 1. The van der Waals surface area contributed by atoms with Crippen LogP contribution in [0.1, 0.15) is 26.7 Å². The summed E-state index contributed by atoms with van der Waals surface area (Å²) in [7, 11) is 1.66. The van der Waals surface area contributed by atoms with Crippen molar-refractivity contribution in [3.63, 3.8) is 0 Å². The van der Waals surface area contributed by atoms with Crippen LogP contribution in [0.25, 0.3) is 10.6 Å². The van der Waals surface area contributed by atoms with Crippen LogP contribution in [0, 0.1) is 0 Å². The summed E-state index contributed by atoms with van der Waals surface area (Å²) < 4.78 is 10.9. The molecule has 0 aliphatic rings. The van der Waals surface area contributed by atoms with Gasteiger partial charge in [-0.1, -0.05) is 0 Å². The largest absolute Gasteiger partial charge is 0.496 e. The van der Waals surface area contributed by atoms with Crippen LogP contribution in [0.4, 0.5) is 0 Å². The van der Waals surface area contributed by atoms with Gasteiger partial charge >= 0.3 is 0 Å². The third-order valence-electron chi connectivity index (χ3n) is 2.60. The molecule has 1 N–H and O–H groups in total. The van der Waals surface area contributed by atoms with E-state index in [-0.39, 0.29) is 5.54 Å². The smallest absolute Gasteiger partial charge is 0.196 e. The molecule has 5 heteroatoms. The molecule has 0 fully saturated rings. The SMILES string of the molecule is COc1csc(-c2cnc(CCNC(C)(C)C)o2)c1. The summed E-state index contributed by atoms with van der Waals surface area (Å²) in [4.78, 5) is 5.35. The fourth-order valence-electron chi connectivity index (χ4n) is 1.64. The van der Waals surface area contributed by atoms with E-state index in [0.29, 0.717) is 0 Å². The molecule has 0 atom stereocenters. The molecule has 0 spiro atoms. The molecule has 0 aliphatic carbocycles. The number of nitrogens with one attached hydrogen (secondary N) is 1. The monoisotopic (exact) mass is 280 g/mol. The van der Waals surface area contributed by atoms with Crippen LogP contribution < -0.4 is 10.1 Å². The van der Waals surface area contributed by atoms with Crippen molar-refractivity contribution in [2.45, 2.75) is 32.7 Å². The average molecular weight is 280 g/mol. The van der Waals surface area contributed by atoms with Gasteiger partial charge in [0.2, 0.25) is 0 Å². The van der Waals surface area contributed by atoms with E-state index in [0.717, 1.165) is 35.2 Å². The summed E-state index contributed by atoms with van der Waals surface area (Å²) in [6.07, 6.45) is 2.57. The fraction of sp³-hybridized carbons (Fsp3) is 0.500. The Morgan fingerprint density at radius 3 is 2.84 bits per heavy atom. The van der Waals surface area contributed by atoms with Crippen LogP contribution >= 0.6 is 11.3 Å². The third-order valence-corrected chi connectivity index (χ3v) is 3.52. The predicted octanol–water partition coefficient (Wildman–Crippen LogP) is 3.34. The summed E-state index contributed by atoms with van der Waals surface area (Å²) in [6, 6.07) is 1.96. The van der Waals surface area contributed by atoms with Crippen molar-refractivity contribution < 1.29 is 9.15 Å². The van der Waals surface area contributed by atoms with E-state index in [1.165, 1.54) is 0 Å². The van der Waals surface area contributed by atoms with Gasteiger partial charge < -0.3 is 14.5 Å². The number of methoxy groups -OCH3 is 1. The van der Waals surface area contributed by atoms with E-state index < -0.39 is 0 Å². The molecule has 19 heavy (non-hydrogen) atoms. The zero-order valence-corrected chi connectivity index (χ0v) is 12.6. The number of rotatable bonds is 5. The minimum absolute atomic E-state index is 0.122. The molecule has 0 saturated heterocycles. The first-order chi connectivity index (χ1) is 8.98. The van der Waals surface area contributed by atoms with Crippen LogP contribution in [0.3, 0.4) is 0 Å². The van der Waals surface area contributed by atoms with E-state index in [9.17, 15) is 0 Å². The minimum Gasteiger partial charge on any atom is -0.496 e. The van der Waals surface area contributed by atoms with Crippen LogP contribution in [0.2, 0.25) is 0 Å². The maximum Gasteiger partial charge on any atom is 0.196 e. The van der Waals surface area contributed by atoms with Crippen molar-refractivity contribution in [3.05, 3.63) is 23.5 Å². The zero-order valence-electron chi connectivity index (χ0n) is 11.8. The van der Waals surface area contributed by atoms with Crippen LogP contribution in [0.5, 0.6) is 5.75 Å². The zero-order chi connectivity index (χ0) is 13.9. The van der Waals surface area contributed by atoms with Crippen molar-refractivity contribution in [2.24, 2.45) is 0 Å². The number of thiophene rings is 1. The topological polar surface area (TPSA) is 47.3 Å². The lowest BCUT2D eigenvalue weighted by Crippen LogP contribution is -2.37. The fourth-order valence-corrected chi connectivity index (χ4v) is 2.44. The molecule has 2 heterocycles. The first-order valence-corrected chi connectivity index (χ1v) is 7.18. The van der Waals surface area contributed by atoms with Gasteiger partial charge in [0.15, 0.2) is 11.7 Å². The Hall–Kier alpha value is -1.33. The van der Waals surface area contributed by atoms with Gasteiger partial charge in [-0.2, -0.15) is 0 Å². The Bertz CT molecular complexity index is 526. The van der Waals surface area contributed by atoms with Crippen molar-refractivity contribution in [1.29, 1.82) is 0 Å². The second-order valence-corrected chi connectivity index (χ2v) is 6.31. The minimum atomic E-state index is 0.122. The summed E-state index contributed by atoms with van der Waals surface area (Å²) in [5, 5.41) is 5.37. The number of hydrogen-bond acceptors (Lipinski definition) is 5. The molecule has 0 aromatic carbocycles. The summed E-state index contributed by atoms with van der Waals surface area (Å²) >= 11 is 1.59. The normalized spacial score (nSPS) is 11.8. The van der Waals surface area contributed by atoms with E-state index in [2.05, 4.69) is 31.1 Å². The second kappa shape index (κ2) is 5.75. The molecule has 0 saturated carbocycles. The lowest BCUT2D eigenvalue weighted by Gasteiger charge is -2.19. The van der Waals surface area contributed by atoms with E-state index in [1.54, 1.807) is 24.6 Å². The van der Waals surface area contributed by atoms with Crippen molar-refractivity contribution in [2.75, 3.05) is 13.7 Å². The molecule has 0 radical (unpaired) electrons. The van der Waals surface area contributed by atoms with Gasteiger partial charge in [-0.15, -0.1) is 11.3 Å². The molecule has 0 bridgehead atoms. The molecular weight excluding hydrogens is 260 g/mol. The Kier molecular flexibility index (Phi) is 4.27. The number of nitrogens with zero attached hydrogens (tertiary/aromatic N) is 1. The molecule has 2 aromatic heterocycles. The van der Waals surface area contributed by atoms with Gasteiger partial charge in [0.1, 0.15) is 5.75 Å². The Morgan fingerprint density at radius 1 is 1.42 bits per heavy atom. The van der Waals surface area contributed by atoms with Gasteiger partial charge in [0, 0.05) is 30.0 Å². The molecular formula is C14H20N2O2S. The van der Waals surface area contributed by atoms with E-state index in [1.807, 2.05) is 11.4 Å². The van der Waals surface area contributed by atoms with Crippen molar-refractivity contribution >= 4 is 11.3 Å². The number of aromatic nitrogens is 1. The van der Waals surface area contributed by atoms with Crippen molar-refractivity contribution in [3.8, 4) is 16.4 Å². The van der Waals surface area contributed by atoms with E-state index in [4.69, 9.17) is 9.15 Å². The standard InChI is InChI=1S/C14H20N2O2S/c1-14(2,3)16-6-5-13-15-8-11(18-13)12-7-10(17-4)9-19-12/h7-9,16H,5-6H2,1-4H3. The van der Waals surface area contributed by atoms with E-state index >= 15 is 0 Å². The Balaban J connectivity index is 1.95. The van der Waals surface area contributed by atoms with Gasteiger partial charge in [0.05, 0.1) is 18.2 Å². The Labute approximate surface area is 117 Å². The molecule has 2 aromatic rings. The van der Waals surface area contributed by atoms with Crippen LogP contribution in [0.15, 0.2) is 22.1 Å². The molecule has 104 valence electrons. The highest BCUT2D eigenvalue weighted by atomic mass is 32.1. The lowest BCUT2D eigenvalue weighted by atomic mass is 10.1. The van der Waals surface area contributed by atoms with Gasteiger partial charge in [-0.25, -0.2) is 4.98 Å². The maximum atomic E-state index is 5.75. The highest BCUT2D eigenvalue weighted by Crippen LogP contribution is 2.31. The summed E-state index contributed by atoms with van der Waals surface area (Å²) in [6.45, 7) is 7.29. The molecule has 2 rings (SSSR count). The number of oxazole rings is 1. The molecule has 0 unspecified atom stereocenters. The lowest BCUT2D eigenvalue weighted by molar-refractivity contribution is 0.411. The predicted molar refractivity (Wildman–Crippen MR) is 77.8 cm³/mol. The highest BCUT2D eigenvalue weighted by molar-refractivity contribution is 7.13. The van der Waals surface area contributed by atoms with Gasteiger partial charge in [0.25, 0.3) is 0 Å². The average Bonchev–Trinajstić information content (AvgIpc) is 2.94. The highest BCUT2D eigenvalue weighted by Gasteiger charge is 2.11. The first-order valence-electron chi connectivity index (χ1n) is 6.30. The molecule has 0 amide bonds. The second-order valence-electron chi connectivity index (χ2n) is 5.40. The summed E-state index contributed by atoms with van der Waals surface area (Å²) in [5.41, 5.74) is 0.122. The first kappa shape index (κ1) is 14.1. The Morgan fingerprint density at radius 2 is 2.21 bits per heavy atom. The van der Waals surface area contributed by atoms with Crippen LogP contribution in [-0.4, -0.2) is 24.2 Å². The van der Waals surface area contributed by atoms with Gasteiger partial charge in [-0.3, -0.25) is 0 Å². The quantitative estimate of drug-likeness (QED) is 0.912. The van der Waals surface area contributed by atoms with Gasteiger partial charge in [-0.05, 0) is 20.8 Å².